The fraction of sp³-hybridized carbons (Fsp3) is 0.0526. The molecule has 0 atom stereocenters. The van der Waals surface area contributed by atoms with Gasteiger partial charge in [-0.15, -0.1) is 11.3 Å². The zero-order valence-electron chi connectivity index (χ0n) is 15.2. The number of nitrogens with zero attached hydrogens (tertiary/aromatic N) is 1. The Morgan fingerprint density at radius 2 is 1.83 bits per heavy atom. The molecule has 2 heterocycles. The molecule has 0 saturated heterocycles. The molecule has 0 spiro atoms. The van der Waals surface area contributed by atoms with E-state index in [1.54, 1.807) is 30.3 Å². The Hall–Kier alpha value is -2.30. The number of carbonyl (C=O) groups excluding carboxylic acids is 2. The molecule has 0 bridgehead atoms. The van der Waals surface area contributed by atoms with Crippen LogP contribution >= 0.6 is 58.1 Å². The smallest absolute Gasteiger partial charge is 0.269 e. The van der Waals surface area contributed by atoms with Crippen LogP contribution in [-0.2, 0) is 4.79 Å². The Morgan fingerprint density at radius 3 is 2.60 bits per heavy atom. The van der Waals surface area contributed by atoms with Crippen LogP contribution in [-0.4, -0.2) is 21.9 Å². The molecule has 2 amide bonds. The first-order chi connectivity index (χ1) is 14.3. The Balaban J connectivity index is 1.48. The molecule has 0 fully saturated rings. The van der Waals surface area contributed by atoms with Crippen LogP contribution in [0, 0.1) is 0 Å². The summed E-state index contributed by atoms with van der Waals surface area (Å²) in [5.41, 5.74) is 1.43. The van der Waals surface area contributed by atoms with Crippen LogP contribution in [0.1, 0.15) is 16.6 Å². The minimum absolute atomic E-state index is 0.104. The number of thiazole rings is 1. The quantitative estimate of drug-likeness (QED) is 0.308. The predicted molar refractivity (Wildman–Crippen MR) is 129 cm³/mol. The van der Waals surface area contributed by atoms with Gasteiger partial charge in [-0.1, -0.05) is 40.6 Å². The van der Waals surface area contributed by atoms with Gasteiger partial charge in [0.1, 0.15) is 4.88 Å². The van der Waals surface area contributed by atoms with Crippen LogP contribution in [0.25, 0.3) is 20.3 Å². The molecule has 4 aromatic rings. The first-order valence-corrected chi connectivity index (χ1v) is 11.3. The number of thiophene rings is 1. The van der Waals surface area contributed by atoms with Crippen LogP contribution in [0.2, 0.25) is 10.0 Å². The van der Waals surface area contributed by atoms with Crippen LogP contribution in [0.5, 0.6) is 0 Å². The van der Waals surface area contributed by atoms with Gasteiger partial charge in [0, 0.05) is 27.7 Å². The lowest BCUT2D eigenvalue weighted by Gasteiger charge is -2.06. The SMILES string of the molecule is CC(=O)Nc1ccc2nc(NC(=S)NC(=O)c3sc4cc(Cl)ccc4c3Cl)sc2c1. The van der Waals surface area contributed by atoms with E-state index in [1.165, 1.54) is 29.6 Å². The van der Waals surface area contributed by atoms with E-state index < -0.39 is 5.91 Å². The highest BCUT2D eigenvalue weighted by Crippen LogP contribution is 2.36. The van der Waals surface area contributed by atoms with Gasteiger partial charge in [0.2, 0.25) is 5.91 Å². The Labute approximate surface area is 194 Å². The van der Waals surface area contributed by atoms with Gasteiger partial charge in [0.15, 0.2) is 10.2 Å². The van der Waals surface area contributed by atoms with E-state index in [0.29, 0.717) is 25.7 Å². The van der Waals surface area contributed by atoms with Crippen molar-refractivity contribution in [3.05, 3.63) is 51.3 Å². The molecule has 2 aromatic carbocycles. The van der Waals surface area contributed by atoms with Crippen molar-refractivity contribution in [2.75, 3.05) is 10.6 Å². The number of thiocarbonyl (C=S) groups is 1. The van der Waals surface area contributed by atoms with Crippen LogP contribution < -0.4 is 16.0 Å². The topological polar surface area (TPSA) is 83.1 Å². The van der Waals surface area contributed by atoms with Crippen molar-refractivity contribution in [3.63, 3.8) is 0 Å². The molecule has 0 radical (unpaired) electrons. The molecule has 6 nitrogen and oxygen atoms in total. The number of hydrogen-bond donors (Lipinski definition) is 3. The summed E-state index contributed by atoms with van der Waals surface area (Å²) in [4.78, 5) is 28.6. The molecule has 3 N–H and O–H groups in total. The zero-order valence-corrected chi connectivity index (χ0v) is 19.2. The molecule has 4 rings (SSSR count). The van der Waals surface area contributed by atoms with Crippen molar-refractivity contribution in [2.24, 2.45) is 0 Å². The molecule has 30 heavy (non-hydrogen) atoms. The summed E-state index contributed by atoms with van der Waals surface area (Å²) < 4.78 is 1.68. The highest BCUT2D eigenvalue weighted by atomic mass is 35.5. The van der Waals surface area contributed by atoms with Gasteiger partial charge < -0.3 is 10.6 Å². The van der Waals surface area contributed by atoms with Gasteiger partial charge in [-0.3, -0.25) is 14.9 Å². The first kappa shape index (κ1) is 21.0. The van der Waals surface area contributed by atoms with Gasteiger partial charge in [0.05, 0.1) is 15.2 Å². The second-order valence-corrected chi connectivity index (χ2v) is 9.48. The lowest BCUT2D eigenvalue weighted by atomic mass is 10.2. The number of anilines is 2. The fourth-order valence-electron chi connectivity index (χ4n) is 2.73. The zero-order chi connectivity index (χ0) is 21.4. The monoisotopic (exact) mass is 494 g/mol. The van der Waals surface area contributed by atoms with Crippen molar-refractivity contribution < 1.29 is 9.59 Å². The highest BCUT2D eigenvalue weighted by molar-refractivity contribution is 7.80. The van der Waals surface area contributed by atoms with E-state index >= 15 is 0 Å². The van der Waals surface area contributed by atoms with Gasteiger partial charge >= 0.3 is 0 Å². The van der Waals surface area contributed by atoms with E-state index in [-0.39, 0.29) is 11.0 Å². The maximum absolute atomic E-state index is 12.6. The Kier molecular flexibility index (Phi) is 5.90. The molecule has 0 unspecified atom stereocenters. The summed E-state index contributed by atoms with van der Waals surface area (Å²) in [6.45, 7) is 1.45. The van der Waals surface area contributed by atoms with Crippen molar-refractivity contribution in [1.29, 1.82) is 0 Å². The van der Waals surface area contributed by atoms with Crippen molar-refractivity contribution >= 4 is 106 Å². The van der Waals surface area contributed by atoms with Gasteiger partial charge in [-0.05, 0) is 42.5 Å². The summed E-state index contributed by atoms with van der Waals surface area (Å²) in [5.74, 6) is -0.563. The Bertz CT molecular complexity index is 1330. The minimum Gasteiger partial charge on any atom is -0.326 e. The normalized spacial score (nSPS) is 10.9. The van der Waals surface area contributed by atoms with Crippen LogP contribution in [0.3, 0.4) is 0 Å². The molecule has 0 aliphatic carbocycles. The van der Waals surface area contributed by atoms with Crippen LogP contribution in [0.4, 0.5) is 10.8 Å². The van der Waals surface area contributed by atoms with E-state index in [1.807, 2.05) is 6.07 Å². The van der Waals surface area contributed by atoms with Crippen molar-refractivity contribution in [3.8, 4) is 0 Å². The summed E-state index contributed by atoms with van der Waals surface area (Å²) >= 11 is 20.2. The maximum atomic E-state index is 12.6. The summed E-state index contributed by atoms with van der Waals surface area (Å²) in [6, 6.07) is 10.6. The average molecular weight is 495 g/mol. The number of aromatic nitrogens is 1. The summed E-state index contributed by atoms with van der Waals surface area (Å²) in [6.07, 6.45) is 0. The van der Waals surface area contributed by atoms with Crippen molar-refractivity contribution in [1.82, 2.24) is 10.3 Å². The highest BCUT2D eigenvalue weighted by Gasteiger charge is 2.19. The standard InChI is InChI=1S/C19H12Cl2N4O2S3/c1-8(26)22-10-3-5-12-14(7-10)30-19(23-12)25-18(28)24-17(27)16-15(21)11-4-2-9(20)6-13(11)29-16/h2-7H,1H3,(H,22,26)(H2,23,24,25,27,28). The lowest BCUT2D eigenvalue weighted by molar-refractivity contribution is -0.114. The number of hydrogen-bond acceptors (Lipinski definition) is 6. The average Bonchev–Trinajstić information content (AvgIpc) is 3.20. The molecule has 0 aliphatic rings. The minimum atomic E-state index is -0.413. The molecule has 11 heteroatoms. The van der Waals surface area contributed by atoms with Crippen molar-refractivity contribution in [2.45, 2.75) is 6.92 Å². The number of rotatable bonds is 3. The molecular formula is C19H12Cl2N4O2S3. The first-order valence-electron chi connectivity index (χ1n) is 8.48. The molecule has 0 aliphatic heterocycles. The van der Waals surface area contributed by atoms with E-state index in [0.717, 1.165) is 20.3 Å². The maximum Gasteiger partial charge on any atom is 0.269 e. The molecule has 0 saturated carbocycles. The summed E-state index contributed by atoms with van der Waals surface area (Å²) in [5, 5.41) is 10.6. The van der Waals surface area contributed by atoms with E-state index in [4.69, 9.17) is 35.4 Å². The van der Waals surface area contributed by atoms with Crippen LogP contribution in [0.15, 0.2) is 36.4 Å². The summed E-state index contributed by atoms with van der Waals surface area (Å²) in [7, 11) is 0. The van der Waals surface area contributed by atoms with E-state index in [9.17, 15) is 9.59 Å². The third-order valence-corrected chi connectivity index (χ3v) is 6.98. The lowest BCUT2D eigenvalue weighted by Crippen LogP contribution is -2.33. The number of amides is 2. The van der Waals surface area contributed by atoms with Gasteiger partial charge in [-0.25, -0.2) is 4.98 Å². The number of benzene rings is 2. The molecule has 2 aromatic heterocycles. The number of fused-ring (bicyclic) bond motifs is 2. The third kappa shape index (κ3) is 4.40. The number of nitrogens with one attached hydrogen (secondary N) is 3. The third-order valence-electron chi connectivity index (χ3n) is 3.95. The number of carbonyl (C=O) groups is 2. The predicted octanol–water partition coefficient (Wildman–Crippen LogP) is 5.90. The number of halogens is 2. The largest absolute Gasteiger partial charge is 0.326 e. The molecule has 152 valence electrons. The second kappa shape index (κ2) is 8.44. The fourth-order valence-corrected chi connectivity index (χ4v) is 5.58. The Morgan fingerprint density at radius 1 is 1.03 bits per heavy atom. The van der Waals surface area contributed by atoms with E-state index in [2.05, 4.69) is 20.9 Å². The molecular weight excluding hydrogens is 483 g/mol. The van der Waals surface area contributed by atoms with Gasteiger partial charge in [-0.2, -0.15) is 0 Å². The van der Waals surface area contributed by atoms with Gasteiger partial charge in [0.25, 0.3) is 5.91 Å². The second-order valence-electron chi connectivity index (χ2n) is 6.18.